The Morgan fingerprint density at radius 2 is 1.94 bits per heavy atom. The summed E-state index contributed by atoms with van der Waals surface area (Å²) in [7, 11) is -2.35. The molecule has 2 aromatic heterocycles. The number of para-hydroxylation sites is 1. The van der Waals surface area contributed by atoms with Crippen LogP contribution in [-0.2, 0) is 34.0 Å². The number of hydrogen-bond donors (Lipinski definition) is 3. The SMILES string of the molecule is Cc1cnc(N(C)S(C)(=O)=O)c(CNc2nc(Nc3cccc4c3NC(=O)C4)ncc2C(F)(F)F)c1. The van der Waals surface area contributed by atoms with E-state index in [1.807, 2.05) is 0 Å². The average molecular weight is 522 g/mol. The van der Waals surface area contributed by atoms with Gasteiger partial charge < -0.3 is 16.0 Å². The number of aryl methyl sites for hydroxylation is 1. The first-order chi connectivity index (χ1) is 16.8. The fourth-order valence-electron chi connectivity index (χ4n) is 3.63. The zero-order chi connectivity index (χ0) is 26.3. The van der Waals surface area contributed by atoms with Crippen molar-refractivity contribution < 1.29 is 26.4 Å². The lowest BCUT2D eigenvalue weighted by Crippen LogP contribution is -2.27. The number of sulfonamides is 1. The predicted molar refractivity (Wildman–Crippen MR) is 129 cm³/mol. The first-order valence-corrected chi connectivity index (χ1v) is 12.4. The number of fused-ring (bicyclic) bond motifs is 1. The summed E-state index contributed by atoms with van der Waals surface area (Å²) in [6.45, 7) is 1.53. The smallest absolute Gasteiger partial charge is 0.365 e. The van der Waals surface area contributed by atoms with Gasteiger partial charge in [-0.05, 0) is 30.2 Å². The van der Waals surface area contributed by atoms with E-state index in [0.29, 0.717) is 28.7 Å². The van der Waals surface area contributed by atoms with Crippen molar-refractivity contribution in [3.63, 3.8) is 0 Å². The summed E-state index contributed by atoms with van der Waals surface area (Å²) in [6, 6.07) is 6.74. The Morgan fingerprint density at radius 1 is 1.19 bits per heavy atom. The van der Waals surface area contributed by atoms with Gasteiger partial charge in [0.05, 0.1) is 24.1 Å². The van der Waals surface area contributed by atoms with Gasteiger partial charge in [-0.15, -0.1) is 0 Å². The number of benzene rings is 1. The van der Waals surface area contributed by atoms with E-state index in [4.69, 9.17) is 0 Å². The Balaban J connectivity index is 1.66. The number of pyridine rings is 1. The topological polar surface area (TPSA) is 129 Å². The van der Waals surface area contributed by atoms with Gasteiger partial charge in [-0.25, -0.2) is 18.4 Å². The van der Waals surface area contributed by atoms with Crippen LogP contribution in [0.2, 0.25) is 0 Å². The monoisotopic (exact) mass is 521 g/mol. The zero-order valence-electron chi connectivity index (χ0n) is 19.4. The minimum atomic E-state index is -4.75. The van der Waals surface area contributed by atoms with Crippen LogP contribution in [-0.4, -0.2) is 42.6 Å². The highest BCUT2D eigenvalue weighted by atomic mass is 32.2. The van der Waals surface area contributed by atoms with Gasteiger partial charge in [0.1, 0.15) is 17.2 Å². The minimum Gasteiger partial charge on any atom is -0.365 e. The molecule has 0 atom stereocenters. The number of amides is 1. The molecule has 1 amide bonds. The molecule has 0 unspecified atom stereocenters. The number of nitrogens with one attached hydrogen (secondary N) is 3. The van der Waals surface area contributed by atoms with E-state index < -0.39 is 27.6 Å². The molecule has 3 N–H and O–H groups in total. The van der Waals surface area contributed by atoms with Crippen LogP contribution in [0.5, 0.6) is 0 Å². The molecular formula is C22H22F3N7O3S. The van der Waals surface area contributed by atoms with Gasteiger partial charge in [-0.3, -0.25) is 9.10 Å². The van der Waals surface area contributed by atoms with Crippen LogP contribution in [0.3, 0.4) is 0 Å². The zero-order valence-corrected chi connectivity index (χ0v) is 20.3. The van der Waals surface area contributed by atoms with Gasteiger partial charge in [-0.2, -0.15) is 18.2 Å². The van der Waals surface area contributed by atoms with E-state index >= 15 is 0 Å². The Hall–Kier alpha value is -3.94. The van der Waals surface area contributed by atoms with Crippen LogP contribution in [0, 0.1) is 6.92 Å². The van der Waals surface area contributed by atoms with Crippen LogP contribution in [0.25, 0.3) is 0 Å². The van der Waals surface area contributed by atoms with Crippen molar-refractivity contribution in [2.75, 3.05) is 33.6 Å². The molecule has 0 aliphatic carbocycles. The van der Waals surface area contributed by atoms with Crippen molar-refractivity contribution in [2.45, 2.75) is 26.1 Å². The summed E-state index contributed by atoms with van der Waals surface area (Å²) in [5.41, 5.74) is 1.64. The number of hydrogen-bond acceptors (Lipinski definition) is 8. The number of halogens is 3. The van der Waals surface area contributed by atoms with Crippen LogP contribution in [0.1, 0.15) is 22.3 Å². The maximum absolute atomic E-state index is 13.7. The lowest BCUT2D eigenvalue weighted by atomic mass is 10.1. The third kappa shape index (κ3) is 5.32. The molecule has 0 saturated carbocycles. The quantitative estimate of drug-likeness (QED) is 0.431. The first-order valence-electron chi connectivity index (χ1n) is 10.6. The molecule has 0 bridgehead atoms. The van der Waals surface area contributed by atoms with Crippen molar-refractivity contribution in [2.24, 2.45) is 0 Å². The number of carbonyl (C=O) groups excluding carboxylic acids is 1. The third-order valence-corrected chi connectivity index (χ3v) is 6.60. The fraction of sp³-hybridized carbons (Fsp3) is 0.273. The molecule has 0 spiro atoms. The molecule has 14 heteroatoms. The molecule has 3 heterocycles. The summed E-state index contributed by atoms with van der Waals surface area (Å²) in [5, 5.41) is 8.21. The lowest BCUT2D eigenvalue weighted by Gasteiger charge is -2.20. The van der Waals surface area contributed by atoms with E-state index in [9.17, 15) is 26.4 Å². The van der Waals surface area contributed by atoms with Crippen molar-refractivity contribution >= 4 is 44.9 Å². The fourth-order valence-corrected chi connectivity index (χ4v) is 4.11. The molecule has 0 fully saturated rings. The molecule has 1 aliphatic rings. The van der Waals surface area contributed by atoms with Crippen LogP contribution >= 0.6 is 0 Å². The Kier molecular flexibility index (Phi) is 6.47. The number of rotatable bonds is 7. The highest BCUT2D eigenvalue weighted by molar-refractivity contribution is 7.92. The summed E-state index contributed by atoms with van der Waals surface area (Å²) in [5.74, 6) is -0.759. The number of alkyl halides is 3. The van der Waals surface area contributed by atoms with E-state index in [-0.39, 0.29) is 30.6 Å². The lowest BCUT2D eigenvalue weighted by molar-refractivity contribution is -0.137. The van der Waals surface area contributed by atoms with Crippen LogP contribution in [0.4, 0.5) is 42.1 Å². The average Bonchev–Trinajstić information content (AvgIpc) is 3.17. The van der Waals surface area contributed by atoms with E-state index in [0.717, 1.165) is 16.1 Å². The Labute approximate surface area is 205 Å². The highest BCUT2D eigenvalue weighted by Gasteiger charge is 2.35. The molecule has 0 saturated heterocycles. The van der Waals surface area contributed by atoms with Crippen LogP contribution in [0.15, 0.2) is 36.7 Å². The van der Waals surface area contributed by atoms with Gasteiger partial charge in [0.15, 0.2) is 0 Å². The van der Waals surface area contributed by atoms with E-state index in [1.54, 1.807) is 31.2 Å². The molecule has 1 aromatic carbocycles. The predicted octanol–water partition coefficient (Wildman–Crippen LogP) is 3.44. The molecule has 0 radical (unpaired) electrons. The first kappa shape index (κ1) is 25.2. The number of aromatic nitrogens is 3. The minimum absolute atomic E-state index is 0.0761. The second-order valence-electron chi connectivity index (χ2n) is 8.22. The molecule has 4 rings (SSSR count). The number of carbonyl (C=O) groups is 1. The molecule has 3 aromatic rings. The maximum Gasteiger partial charge on any atom is 0.421 e. The van der Waals surface area contributed by atoms with E-state index in [2.05, 4.69) is 30.9 Å². The number of nitrogens with zero attached hydrogens (tertiary/aromatic N) is 4. The number of anilines is 5. The molecule has 10 nitrogen and oxygen atoms in total. The van der Waals surface area contributed by atoms with Crippen molar-refractivity contribution in [1.29, 1.82) is 0 Å². The second kappa shape index (κ2) is 9.26. The largest absolute Gasteiger partial charge is 0.421 e. The van der Waals surface area contributed by atoms with Gasteiger partial charge in [0, 0.05) is 31.5 Å². The summed E-state index contributed by atoms with van der Waals surface area (Å²) in [6.07, 6.45) is -1.44. The van der Waals surface area contributed by atoms with Crippen molar-refractivity contribution in [3.05, 3.63) is 58.9 Å². The Morgan fingerprint density at radius 3 is 2.64 bits per heavy atom. The van der Waals surface area contributed by atoms with Gasteiger partial charge in [0.25, 0.3) is 0 Å². The Bertz CT molecular complexity index is 1450. The van der Waals surface area contributed by atoms with Gasteiger partial charge >= 0.3 is 6.18 Å². The van der Waals surface area contributed by atoms with E-state index in [1.165, 1.54) is 13.2 Å². The summed E-state index contributed by atoms with van der Waals surface area (Å²) < 4.78 is 66.1. The van der Waals surface area contributed by atoms with Gasteiger partial charge in [-0.1, -0.05) is 12.1 Å². The molecule has 1 aliphatic heterocycles. The standard InChI is InChI=1S/C22H22F3N7O3S/c1-12-7-14(20(27-9-12)32(2)36(3,34)35)10-26-19-15(22(23,24)25)11-28-21(31-19)29-16-6-4-5-13-8-17(33)30-18(13)16/h4-7,9,11H,8,10H2,1-3H3,(H,30,33)(H2,26,28,29,31). The summed E-state index contributed by atoms with van der Waals surface area (Å²) in [4.78, 5) is 23.7. The third-order valence-electron chi connectivity index (χ3n) is 5.43. The maximum atomic E-state index is 13.7. The summed E-state index contributed by atoms with van der Waals surface area (Å²) >= 11 is 0. The van der Waals surface area contributed by atoms with Crippen LogP contribution < -0.4 is 20.3 Å². The van der Waals surface area contributed by atoms with Crippen molar-refractivity contribution in [3.8, 4) is 0 Å². The molecule has 190 valence electrons. The molecule has 36 heavy (non-hydrogen) atoms. The second-order valence-corrected chi connectivity index (χ2v) is 10.2. The normalized spacial score (nSPS) is 13.2. The molecular weight excluding hydrogens is 499 g/mol. The van der Waals surface area contributed by atoms with Crippen molar-refractivity contribution in [1.82, 2.24) is 15.0 Å². The van der Waals surface area contributed by atoms with Gasteiger partial charge in [0.2, 0.25) is 21.9 Å². The highest BCUT2D eigenvalue weighted by Crippen LogP contribution is 2.36.